The minimum absolute atomic E-state index is 0.319. The molecule has 0 fully saturated rings. The summed E-state index contributed by atoms with van der Waals surface area (Å²) in [7, 11) is 2.04. The maximum Gasteiger partial charge on any atom is 0.134 e. The quantitative estimate of drug-likeness (QED) is 0.865. The van der Waals surface area contributed by atoms with E-state index in [1.165, 1.54) is 21.9 Å². The predicted octanol–water partition coefficient (Wildman–Crippen LogP) is 4.76. The monoisotopic (exact) mass is 312 g/mol. The number of aromatic nitrogens is 1. The first kappa shape index (κ1) is 13.6. The Hall–Kier alpha value is -0.420. The van der Waals surface area contributed by atoms with Crippen molar-refractivity contribution < 1.29 is 0 Å². The van der Waals surface area contributed by atoms with Gasteiger partial charge in [-0.05, 0) is 37.4 Å². The van der Waals surface area contributed by atoms with Gasteiger partial charge in [-0.15, -0.1) is 22.7 Å². The molecule has 2 nitrogen and oxygen atoms in total. The number of thiazole rings is 1. The molecule has 1 aliphatic carbocycles. The zero-order chi connectivity index (χ0) is 13.6. The van der Waals surface area contributed by atoms with Crippen LogP contribution in [-0.2, 0) is 6.42 Å². The van der Waals surface area contributed by atoms with E-state index in [0.717, 1.165) is 15.8 Å². The van der Waals surface area contributed by atoms with Crippen LogP contribution >= 0.6 is 34.3 Å². The molecule has 1 aliphatic rings. The summed E-state index contributed by atoms with van der Waals surface area (Å²) >= 11 is 9.44. The summed E-state index contributed by atoms with van der Waals surface area (Å²) in [5.74, 6) is 0. The first-order chi connectivity index (χ1) is 8.98. The molecular weight excluding hydrogens is 296 g/mol. The third-order valence-electron chi connectivity index (χ3n) is 3.58. The lowest BCUT2D eigenvalue weighted by atomic mass is 9.76. The molecule has 1 unspecified atom stereocenters. The van der Waals surface area contributed by atoms with E-state index in [0.29, 0.717) is 11.5 Å². The van der Waals surface area contributed by atoms with Crippen LogP contribution in [0.25, 0.3) is 9.88 Å². The molecule has 0 saturated carbocycles. The Morgan fingerprint density at radius 3 is 2.79 bits per heavy atom. The predicted molar refractivity (Wildman–Crippen MR) is 84.3 cm³/mol. The summed E-state index contributed by atoms with van der Waals surface area (Å²) in [5.41, 5.74) is 1.58. The fourth-order valence-electron chi connectivity index (χ4n) is 2.70. The third kappa shape index (κ3) is 2.59. The van der Waals surface area contributed by atoms with Gasteiger partial charge in [0.2, 0.25) is 0 Å². The van der Waals surface area contributed by atoms with Crippen LogP contribution in [0.2, 0.25) is 4.34 Å². The minimum atomic E-state index is 0.319. The molecule has 19 heavy (non-hydrogen) atoms. The maximum absolute atomic E-state index is 6.02. The SMILES string of the molecule is CNC1CC(C)(C)Cc2nc(-c3ccc(Cl)s3)sc21. The van der Waals surface area contributed by atoms with Crippen molar-refractivity contribution in [2.45, 2.75) is 32.7 Å². The highest BCUT2D eigenvalue weighted by atomic mass is 35.5. The molecule has 0 aliphatic heterocycles. The van der Waals surface area contributed by atoms with Gasteiger partial charge in [0.25, 0.3) is 0 Å². The lowest BCUT2D eigenvalue weighted by Crippen LogP contribution is -2.30. The Kier molecular flexibility index (Phi) is 3.46. The molecule has 2 heterocycles. The Bertz CT molecular complexity index is 600. The van der Waals surface area contributed by atoms with Crippen LogP contribution < -0.4 is 5.32 Å². The van der Waals surface area contributed by atoms with Crippen molar-refractivity contribution >= 4 is 34.3 Å². The number of rotatable bonds is 2. The van der Waals surface area contributed by atoms with Crippen LogP contribution in [0.4, 0.5) is 0 Å². The van der Waals surface area contributed by atoms with Crippen LogP contribution in [0.15, 0.2) is 12.1 Å². The van der Waals surface area contributed by atoms with Gasteiger partial charge in [-0.3, -0.25) is 0 Å². The molecule has 0 amide bonds. The zero-order valence-corrected chi connectivity index (χ0v) is 13.7. The molecule has 102 valence electrons. The van der Waals surface area contributed by atoms with Crippen LogP contribution in [0.3, 0.4) is 0 Å². The van der Waals surface area contributed by atoms with E-state index in [1.807, 2.05) is 24.5 Å². The molecule has 2 aromatic heterocycles. The average molecular weight is 313 g/mol. The molecule has 1 atom stereocenters. The largest absolute Gasteiger partial charge is 0.312 e. The number of fused-ring (bicyclic) bond motifs is 1. The summed E-state index contributed by atoms with van der Waals surface area (Å²) in [6, 6.07) is 4.44. The smallest absolute Gasteiger partial charge is 0.134 e. The zero-order valence-electron chi connectivity index (χ0n) is 11.3. The van der Waals surface area contributed by atoms with Crippen LogP contribution in [0.5, 0.6) is 0 Å². The highest BCUT2D eigenvalue weighted by Crippen LogP contribution is 2.45. The third-order valence-corrected chi connectivity index (χ3v) is 6.19. The lowest BCUT2D eigenvalue weighted by Gasteiger charge is -2.34. The van der Waals surface area contributed by atoms with Crippen molar-refractivity contribution in [3.8, 4) is 9.88 Å². The van der Waals surface area contributed by atoms with Crippen molar-refractivity contribution in [2.75, 3.05) is 7.05 Å². The number of nitrogens with one attached hydrogen (secondary N) is 1. The van der Waals surface area contributed by atoms with Gasteiger partial charge in [0.15, 0.2) is 0 Å². The number of halogens is 1. The van der Waals surface area contributed by atoms with Gasteiger partial charge in [0.05, 0.1) is 14.9 Å². The second kappa shape index (κ2) is 4.85. The van der Waals surface area contributed by atoms with E-state index in [1.54, 1.807) is 11.3 Å². The van der Waals surface area contributed by atoms with Gasteiger partial charge >= 0.3 is 0 Å². The summed E-state index contributed by atoms with van der Waals surface area (Å²) in [6.07, 6.45) is 2.24. The topological polar surface area (TPSA) is 24.9 Å². The van der Waals surface area contributed by atoms with E-state index in [4.69, 9.17) is 16.6 Å². The van der Waals surface area contributed by atoms with Gasteiger partial charge < -0.3 is 5.32 Å². The van der Waals surface area contributed by atoms with Gasteiger partial charge in [-0.2, -0.15) is 0 Å². The normalized spacial score (nSPS) is 21.4. The van der Waals surface area contributed by atoms with Crippen LogP contribution in [0, 0.1) is 5.41 Å². The molecule has 5 heteroatoms. The molecule has 0 spiro atoms. The first-order valence-corrected chi connectivity index (χ1v) is 8.42. The Morgan fingerprint density at radius 1 is 1.37 bits per heavy atom. The lowest BCUT2D eigenvalue weighted by molar-refractivity contribution is 0.265. The van der Waals surface area contributed by atoms with Gasteiger partial charge in [-0.1, -0.05) is 25.4 Å². The standard InChI is InChI=1S/C14H17ClN2S2/c1-14(2)6-8(16-3)12-9(7-14)17-13(19-12)10-4-5-11(15)18-10/h4-5,8,16H,6-7H2,1-3H3. The maximum atomic E-state index is 6.02. The fraction of sp³-hybridized carbons (Fsp3) is 0.500. The second-order valence-electron chi connectivity index (χ2n) is 5.82. The average Bonchev–Trinajstić information content (AvgIpc) is 2.92. The summed E-state index contributed by atoms with van der Waals surface area (Å²) < 4.78 is 0.827. The van der Waals surface area contributed by atoms with Crippen molar-refractivity contribution in [1.82, 2.24) is 10.3 Å². The molecular formula is C14H17ClN2S2. The van der Waals surface area contributed by atoms with Crippen molar-refractivity contribution in [2.24, 2.45) is 5.41 Å². The fourth-order valence-corrected chi connectivity index (χ4v) is 4.99. The number of hydrogen-bond acceptors (Lipinski definition) is 4. The Balaban J connectivity index is 2.02. The first-order valence-electron chi connectivity index (χ1n) is 6.41. The van der Waals surface area contributed by atoms with E-state index in [2.05, 4.69) is 25.2 Å². The molecule has 2 aromatic rings. The summed E-state index contributed by atoms with van der Waals surface area (Å²) in [5, 5.41) is 4.54. The molecule has 0 radical (unpaired) electrons. The van der Waals surface area contributed by atoms with Gasteiger partial charge in [0.1, 0.15) is 5.01 Å². The number of thiophene rings is 1. The summed E-state index contributed by atoms with van der Waals surface area (Å²) in [4.78, 5) is 7.44. The van der Waals surface area contributed by atoms with Gasteiger partial charge in [-0.25, -0.2) is 4.98 Å². The molecule has 0 saturated heterocycles. The van der Waals surface area contributed by atoms with E-state index >= 15 is 0 Å². The van der Waals surface area contributed by atoms with Crippen molar-refractivity contribution in [3.63, 3.8) is 0 Å². The van der Waals surface area contributed by atoms with E-state index < -0.39 is 0 Å². The van der Waals surface area contributed by atoms with E-state index in [-0.39, 0.29) is 0 Å². The highest BCUT2D eigenvalue weighted by Gasteiger charge is 2.34. The second-order valence-corrected chi connectivity index (χ2v) is 8.57. The Labute approximate surface area is 126 Å². The number of hydrogen-bond donors (Lipinski definition) is 1. The molecule has 3 rings (SSSR count). The minimum Gasteiger partial charge on any atom is -0.312 e. The highest BCUT2D eigenvalue weighted by molar-refractivity contribution is 7.23. The van der Waals surface area contributed by atoms with Gasteiger partial charge in [0, 0.05) is 10.9 Å². The van der Waals surface area contributed by atoms with E-state index in [9.17, 15) is 0 Å². The Morgan fingerprint density at radius 2 is 2.16 bits per heavy atom. The molecule has 0 bridgehead atoms. The van der Waals surface area contributed by atoms with Crippen molar-refractivity contribution in [3.05, 3.63) is 27.0 Å². The van der Waals surface area contributed by atoms with Crippen molar-refractivity contribution in [1.29, 1.82) is 0 Å². The number of nitrogens with zero attached hydrogens (tertiary/aromatic N) is 1. The molecule has 1 N–H and O–H groups in total. The molecule has 0 aromatic carbocycles. The van der Waals surface area contributed by atoms with Crippen LogP contribution in [0.1, 0.15) is 36.9 Å². The summed E-state index contributed by atoms with van der Waals surface area (Å²) in [6.45, 7) is 4.64. The van der Waals surface area contributed by atoms with Crippen LogP contribution in [-0.4, -0.2) is 12.0 Å².